The predicted molar refractivity (Wildman–Crippen MR) is 135 cm³/mol. The van der Waals surface area contributed by atoms with E-state index in [-0.39, 0.29) is 18.4 Å². The Morgan fingerprint density at radius 3 is 2.34 bits per heavy atom. The van der Waals surface area contributed by atoms with E-state index in [1.54, 1.807) is 18.2 Å². The fraction of sp³-hybridized carbons (Fsp3) is 0.519. The molecule has 0 spiro atoms. The fourth-order valence-electron chi connectivity index (χ4n) is 4.53. The molecule has 0 saturated carbocycles. The Bertz CT molecular complexity index is 983. The summed E-state index contributed by atoms with van der Waals surface area (Å²) in [6.07, 6.45) is 8.78. The summed E-state index contributed by atoms with van der Waals surface area (Å²) in [5, 5.41) is 2.95. The average molecular weight is 481 g/mol. The molecule has 0 radical (unpaired) electrons. The van der Waals surface area contributed by atoms with Crippen molar-refractivity contribution in [2.75, 3.05) is 44.3 Å². The number of carbonyl (C=O) groups is 2. The highest BCUT2D eigenvalue weighted by molar-refractivity contribution is 5.94. The van der Waals surface area contributed by atoms with Crippen LogP contribution in [0, 0.1) is 0 Å². The maximum atomic E-state index is 12.8. The summed E-state index contributed by atoms with van der Waals surface area (Å²) in [4.78, 5) is 33.9. The molecule has 2 aliphatic rings. The van der Waals surface area contributed by atoms with Crippen molar-refractivity contribution in [2.24, 2.45) is 0 Å². The Morgan fingerprint density at radius 1 is 0.914 bits per heavy atom. The van der Waals surface area contributed by atoms with Crippen molar-refractivity contribution in [2.45, 2.75) is 52.0 Å². The quantitative estimate of drug-likeness (QED) is 0.588. The minimum absolute atomic E-state index is 0.0196. The van der Waals surface area contributed by atoms with Gasteiger partial charge in [0.25, 0.3) is 11.8 Å². The molecular formula is C27H36N4O4. The van der Waals surface area contributed by atoms with E-state index in [0.29, 0.717) is 30.2 Å². The van der Waals surface area contributed by atoms with Crippen LogP contribution in [-0.4, -0.2) is 61.1 Å². The number of rotatable bonds is 9. The summed E-state index contributed by atoms with van der Waals surface area (Å²) in [7, 11) is 0. The number of nitrogens with zero attached hydrogens (tertiary/aromatic N) is 3. The topological polar surface area (TPSA) is 84.0 Å². The Morgan fingerprint density at radius 2 is 1.66 bits per heavy atom. The number of hydrogen-bond acceptors (Lipinski definition) is 6. The minimum atomic E-state index is -0.206. The molecule has 1 aromatic carbocycles. The van der Waals surface area contributed by atoms with Crippen LogP contribution in [0.25, 0.3) is 0 Å². The van der Waals surface area contributed by atoms with Crippen molar-refractivity contribution in [1.82, 2.24) is 15.2 Å². The molecule has 2 amide bonds. The van der Waals surface area contributed by atoms with Crippen LogP contribution in [0.5, 0.6) is 11.5 Å². The molecule has 8 heteroatoms. The minimum Gasteiger partial charge on any atom is -0.490 e. The van der Waals surface area contributed by atoms with Gasteiger partial charge in [-0.2, -0.15) is 0 Å². The molecule has 2 saturated heterocycles. The van der Waals surface area contributed by atoms with Crippen molar-refractivity contribution >= 4 is 17.6 Å². The third-order valence-electron chi connectivity index (χ3n) is 6.51. The third-order valence-corrected chi connectivity index (χ3v) is 6.51. The Kier molecular flexibility index (Phi) is 8.81. The van der Waals surface area contributed by atoms with Crippen molar-refractivity contribution in [3.05, 3.63) is 47.7 Å². The van der Waals surface area contributed by atoms with Gasteiger partial charge in [0.2, 0.25) is 0 Å². The Balaban J connectivity index is 1.32. The number of pyridine rings is 1. The molecule has 2 aromatic rings. The van der Waals surface area contributed by atoms with Gasteiger partial charge in [-0.25, -0.2) is 4.98 Å². The standard InChI is InChI=1S/C27H36N4O4/c1-2-34-24-17-22(10-11-23(24)35-20-26(32)31-15-7-4-8-16-31)27(33)29-19-21-9-12-25(28-18-21)30-13-5-3-6-14-30/h9-12,17-18H,2-8,13-16,19-20H2,1H3,(H,29,33). The zero-order chi connectivity index (χ0) is 24.5. The van der Waals surface area contributed by atoms with Gasteiger partial charge in [-0.05, 0) is 75.3 Å². The number of hydrogen-bond donors (Lipinski definition) is 1. The van der Waals surface area contributed by atoms with E-state index in [9.17, 15) is 9.59 Å². The second kappa shape index (κ2) is 12.4. The normalized spacial score (nSPS) is 16.0. The zero-order valence-electron chi connectivity index (χ0n) is 20.6. The van der Waals surface area contributed by atoms with E-state index in [2.05, 4.69) is 15.2 Å². The molecule has 8 nitrogen and oxygen atoms in total. The van der Waals surface area contributed by atoms with Crippen molar-refractivity contribution < 1.29 is 19.1 Å². The predicted octanol–water partition coefficient (Wildman–Crippen LogP) is 3.79. The van der Waals surface area contributed by atoms with Gasteiger partial charge in [-0.1, -0.05) is 6.07 Å². The third kappa shape index (κ3) is 6.87. The first-order valence-electron chi connectivity index (χ1n) is 12.8. The largest absolute Gasteiger partial charge is 0.490 e. The summed E-state index contributed by atoms with van der Waals surface area (Å²) < 4.78 is 11.5. The van der Waals surface area contributed by atoms with Crippen LogP contribution in [0.15, 0.2) is 36.5 Å². The molecular weight excluding hydrogens is 444 g/mol. The van der Waals surface area contributed by atoms with Crippen LogP contribution in [-0.2, 0) is 11.3 Å². The summed E-state index contributed by atoms with van der Waals surface area (Å²) in [6.45, 7) is 6.33. The van der Waals surface area contributed by atoms with Crippen LogP contribution in [0.1, 0.15) is 61.4 Å². The first kappa shape index (κ1) is 24.8. The zero-order valence-corrected chi connectivity index (χ0v) is 20.6. The van der Waals surface area contributed by atoms with Crippen LogP contribution >= 0.6 is 0 Å². The van der Waals surface area contributed by atoms with Crippen LogP contribution in [0.3, 0.4) is 0 Å². The van der Waals surface area contributed by atoms with Gasteiger partial charge in [-0.3, -0.25) is 9.59 Å². The SMILES string of the molecule is CCOc1cc(C(=O)NCc2ccc(N3CCCCC3)nc2)ccc1OCC(=O)N1CCCCC1. The molecule has 0 bridgehead atoms. The highest BCUT2D eigenvalue weighted by Crippen LogP contribution is 2.29. The van der Waals surface area contributed by atoms with Gasteiger partial charge in [0.1, 0.15) is 5.82 Å². The lowest BCUT2D eigenvalue weighted by Crippen LogP contribution is -2.38. The lowest BCUT2D eigenvalue weighted by atomic mass is 10.1. The van der Waals surface area contributed by atoms with Crippen molar-refractivity contribution in [3.63, 3.8) is 0 Å². The number of carbonyl (C=O) groups excluding carboxylic acids is 2. The number of benzene rings is 1. The second-order valence-corrected chi connectivity index (χ2v) is 9.08. The average Bonchev–Trinajstić information content (AvgIpc) is 2.92. The molecule has 35 heavy (non-hydrogen) atoms. The maximum absolute atomic E-state index is 12.8. The highest BCUT2D eigenvalue weighted by atomic mass is 16.5. The number of anilines is 1. The monoisotopic (exact) mass is 480 g/mol. The molecule has 0 unspecified atom stereocenters. The van der Waals surface area contributed by atoms with E-state index in [4.69, 9.17) is 9.47 Å². The van der Waals surface area contributed by atoms with Gasteiger partial charge in [0.15, 0.2) is 18.1 Å². The number of nitrogens with one attached hydrogen (secondary N) is 1. The Hall–Kier alpha value is -3.29. The van der Waals surface area contributed by atoms with Gasteiger partial charge >= 0.3 is 0 Å². The molecule has 0 aliphatic carbocycles. The Labute approximate surface area is 207 Å². The van der Waals surface area contributed by atoms with Gasteiger partial charge < -0.3 is 24.6 Å². The van der Waals surface area contributed by atoms with Gasteiger partial charge in [-0.15, -0.1) is 0 Å². The molecule has 1 N–H and O–H groups in total. The smallest absolute Gasteiger partial charge is 0.260 e. The highest BCUT2D eigenvalue weighted by Gasteiger charge is 2.18. The fourth-order valence-corrected chi connectivity index (χ4v) is 4.53. The molecule has 2 aliphatic heterocycles. The van der Waals surface area contributed by atoms with Crippen molar-refractivity contribution in [3.8, 4) is 11.5 Å². The number of likely N-dealkylation sites (tertiary alicyclic amines) is 1. The van der Waals surface area contributed by atoms with E-state index in [0.717, 1.165) is 50.4 Å². The summed E-state index contributed by atoms with van der Waals surface area (Å²) in [6, 6.07) is 9.09. The molecule has 188 valence electrons. The summed E-state index contributed by atoms with van der Waals surface area (Å²) in [5.41, 5.74) is 1.42. The first-order valence-corrected chi connectivity index (χ1v) is 12.8. The second-order valence-electron chi connectivity index (χ2n) is 9.08. The molecule has 4 rings (SSSR count). The molecule has 0 atom stereocenters. The lowest BCUT2D eigenvalue weighted by molar-refractivity contribution is -0.134. The molecule has 3 heterocycles. The number of ether oxygens (including phenoxy) is 2. The number of piperidine rings is 2. The first-order chi connectivity index (χ1) is 17.1. The van der Waals surface area contributed by atoms with Gasteiger partial charge in [0.05, 0.1) is 6.61 Å². The van der Waals surface area contributed by atoms with Gasteiger partial charge in [0, 0.05) is 44.5 Å². The lowest BCUT2D eigenvalue weighted by Gasteiger charge is -2.27. The molecule has 1 aromatic heterocycles. The van der Waals surface area contributed by atoms with Crippen LogP contribution < -0.4 is 19.7 Å². The van der Waals surface area contributed by atoms with E-state index >= 15 is 0 Å². The van der Waals surface area contributed by atoms with E-state index < -0.39 is 0 Å². The van der Waals surface area contributed by atoms with E-state index in [1.165, 1.54) is 25.7 Å². The number of amides is 2. The van der Waals surface area contributed by atoms with E-state index in [1.807, 2.05) is 30.2 Å². The van der Waals surface area contributed by atoms with Crippen molar-refractivity contribution in [1.29, 1.82) is 0 Å². The summed E-state index contributed by atoms with van der Waals surface area (Å²) in [5.74, 6) is 1.69. The summed E-state index contributed by atoms with van der Waals surface area (Å²) >= 11 is 0. The maximum Gasteiger partial charge on any atom is 0.260 e. The number of aromatic nitrogens is 1. The van der Waals surface area contributed by atoms with Crippen LogP contribution in [0.2, 0.25) is 0 Å². The molecule has 2 fully saturated rings. The van der Waals surface area contributed by atoms with Crippen LogP contribution in [0.4, 0.5) is 5.82 Å².